The molecule has 6 heteroatoms. The van der Waals surface area contributed by atoms with Gasteiger partial charge >= 0.3 is 6.03 Å². The van der Waals surface area contributed by atoms with Crippen LogP contribution in [-0.2, 0) is 9.59 Å². The summed E-state index contributed by atoms with van der Waals surface area (Å²) in [7, 11) is 1.72. The fraction of sp³-hybridized carbons (Fsp3) is 0.318. The first kappa shape index (κ1) is 18.2. The molecule has 1 saturated heterocycles. The molecule has 0 bridgehead atoms. The van der Waals surface area contributed by atoms with Crippen LogP contribution < -0.4 is 0 Å². The fourth-order valence-corrected chi connectivity index (χ4v) is 3.69. The highest BCUT2D eigenvalue weighted by Gasteiger charge is 2.44. The lowest BCUT2D eigenvalue weighted by Gasteiger charge is -2.30. The topological polar surface area (TPSA) is 60.9 Å². The first-order valence-electron chi connectivity index (χ1n) is 9.53. The number of urea groups is 1. The van der Waals surface area contributed by atoms with Crippen molar-refractivity contribution in [2.24, 2.45) is 0 Å². The monoisotopic (exact) mass is 377 g/mol. The molecule has 2 aromatic carbocycles. The van der Waals surface area contributed by atoms with E-state index in [9.17, 15) is 14.4 Å². The third-order valence-corrected chi connectivity index (χ3v) is 5.38. The Hall–Kier alpha value is -3.15. The standard InChI is InChI=1S/C22H23N3O3/c1-23(19(26)14-25-20(27)15-24(22(25)28)18-12-13-18)21(16-8-4-2-5-9-16)17-10-6-3-7-11-17/h2-11,18,21H,12-15H2,1H3. The molecular formula is C22H23N3O3. The van der Waals surface area contributed by atoms with Gasteiger partial charge in [-0.1, -0.05) is 60.7 Å². The Morgan fingerprint density at radius 2 is 1.54 bits per heavy atom. The third-order valence-electron chi connectivity index (χ3n) is 5.38. The summed E-state index contributed by atoms with van der Waals surface area (Å²) in [5.74, 6) is -0.563. The lowest BCUT2D eigenvalue weighted by atomic mass is 9.97. The van der Waals surface area contributed by atoms with Gasteiger partial charge in [-0.3, -0.25) is 14.5 Å². The van der Waals surface area contributed by atoms with Crippen molar-refractivity contribution in [3.63, 3.8) is 0 Å². The highest BCUT2D eigenvalue weighted by molar-refractivity contribution is 6.04. The van der Waals surface area contributed by atoms with Crippen molar-refractivity contribution in [2.75, 3.05) is 20.1 Å². The van der Waals surface area contributed by atoms with Gasteiger partial charge in [0.2, 0.25) is 5.91 Å². The Balaban J connectivity index is 1.55. The zero-order chi connectivity index (χ0) is 19.7. The molecule has 144 valence electrons. The van der Waals surface area contributed by atoms with Crippen LogP contribution in [0.5, 0.6) is 0 Å². The van der Waals surface area contributed by atoms with Gasteiger partial charge < -0.3 is 9.80 Å². The lowest BCUT2D eigenvalue weighted by molar-refractivity contribution is -0.136. The normalized spacial score (nSPS) is 16.8. The molecular weight excluding hydrogens is 354 g/mol. The van der Waals surface area contributed by atoms with Crippen LogP contribution in [0.15, 0.2) is 60.7 Å². The van der Waals surface area contributed by atoms with Crippen molar-refractivity contribution in [1.29, 1.82) is 0 Å². The van der Waals surface area contributed by atoms with Crippen LogP contribution in [0.3, 0.4) is 0 Å². The van der Waals surface area contributed by atoms with Crippen LogP contribution in [0.4, 0.5) is 4.79 Å². The van der Waals surface area contributed by atoms with E-state index < -0.39 is 0 Å². The van der Waals surface area contributed by atoms with Crippen molar-refractivity contribution in [3.05, 3.63) is 71.8 Å². The van der Waals surface area contributed by atoms with Crippen molar-refractivity contribution in [1.82, 2.24) is 14.7 Å². The van der Waals surface area contributed by atoms with E-state index >= 15 is 0 Å². The second kappa shape index (κ2) is 7.46. The summed E-state index contributed by atoms with van der Waals surface area (Å²) in [6, 6.07) is 19.0. The van der Waals surface area contributed by atoms with E-state index in [1.54, 1.807) is 16.8 Å². The lowest BCUT2D eigenvalue weighted by Crippen LogP contribution is -2.43. The average Bonchev–Trinajstić information content (AvgIpc) is 3.52. The summed E-state index contributed by atoms with van der Waals surface area (Å²) < 4.78 is 0. The zero-order valence-electron chi connectivity index (χ0n) is 15.8. The molecule has 0 N–H and O–H groups in total. The quantitative estimate of drug-likeness (QED) is 0.727. The largest absolute Gasteiger partial charge is 0.333 e. The van der Waals surface area contributed by atoms with Crippen LogP contribution in [0, 0.1) is 0 Å². The van der Waals surface area contributed by atoms with Crippen LogP contribution >= 0.6 is 0 Å². The summed E-state index contributed by atoms with van der Waals surface area (Å²) in [6.45, 7) is -0.144. The summed E-state index contributed by atoms with van der Waals surface area (Å²) in [4.78, 5) is 42.1. The Labute approximate surface area is 164 Å². The van der Waals surface area contributed by atoms with E-state index in [2.05, 4.69) is 0 Å². The van der Waals surface area contributed by atoms with Gasteiger partial charge in [-0.15, -0.1) is 0 Å². The molecule has 2 aliphatic rings. The molecule has 0 spiro atoms. The highest BCUT2D eigenvalue weighted by Crippen LogP contribution is 2.31. The van der Waals surface area contributed by atoms with E-state index in [1.165, 1.54) is 0 Å². The van der Waals surface area contributed by atoms with E-state index in [0.29, 0.717) is 0 Å². The molecule has 0 atom stereocenters. The van der Waals surface area contributed by atoms with Crippen molar-refractivity contribution in [3.8, 4) is 0 Å². The minimum atomic E-state index is -0.342. The number of nitrogens with zero attached hydrogens (tertiary/aromatic N) is 3. The van der Waals surface area contributed by atoms with Crippen LogP contribution in [-0.4, -0.2) is 58.7 Å². The Morgan fingerprint density at radius 1 is 1.00 bits per heavy atom. The molecule has 4 rings (SSSR count). The number of hydrogen-bond acceptors (Lipinski definition) is 3. The van der Waals surface area contributed by atoms with Crippen LogP contribution in [0.2, 0.25) is 0 Å². The van der Waals surface area contributed by atoms with Gasteiger partial charge in [0.15, 0.2) is 0 Å². The first-order chi connectivity index (χ1) is 13.6. The van der Waals surface area contributed by atoms with Gasteiger partial charge in [0, 0.05) is 13.1 Å². The number of amides is 4. The number of rotatable bonds is 6. The maximum Gasteiger partial charge on any atom is 0.327 e. The van der Waals surface area contributed by atoms with Crippen molar-refractivity contribution < 1.29 is 14.4 Å². The second-order valence-electron chi connectivity index (χ2n) is 7.35. The average molecular weight is 377 g/mol. The minimum Gasteiger partial charge on any atom is -0.333 e. The van der Waals surface area contributed by atoms with E-state index in [0.717, 1.165) is 28.9 Å². The molecule has 1 saturated carbocycles. The van der Waals surface area contributed by atoms with Gasteiger partial charge in [-0.05, 0) is 24.0 Å². The van der Waals surface area contributed by atoms with Gasteiger partial charge in [-0.2, -0.15) is 0 Å². The van der Waals surface area contributed by atoms with Crippen LogP contribution in [0.1, 0.15) is 30.0 Å². The molecule has 1 aliphatic carbocycles. The molecule has 2 aromatic rings. The van der Waals surface area contributed by atoms with Gasteiger partial charge in [0.05, 0.1) is 6.04 Å². The Kier molecular flexibility index (Phi) is 4.86. The Morgan fingerprint density at radius 3 is 2.04 bits per heavy atom. The fourth-order valence-electron chi connectivity index (χ4n) is 3.69. The molecule has 28 heavy (non-hydrogen) atoms. The number of likely N-dealkylation sites (N-methyl/N-ethyl adjacent to an activating group) is 1. The number of carbonyl (C=O) groups is 3. The molecule has 2 fully saturated rings. The van der Waals surface area contributed by atoms with E-state index in [4.69, 9.17) is 0 Å². The Bertz CT molecular complexity index is 841. The molecule has 0 unspecified atom stereocenters. The maximum absolute atomic E-state index is 13.0. The molecule has 4 amide bonds. The SMILES string of the molecule is CN(C(=O)CN1C(=O)CN(C2CC2)C1=O)C(c1ccccc1)c1ccccc1. The number of carbonyl (C=O) groups excluding carboxylic acids is 3. The van der Waals surface area contributed by atoms with Gasteiger partial charge in [0.1, 0.15) is 13.1 Å². The first-order valence-corrected chi connectivity index (χ1v) is 9.53. The molecule has 0 radical (unpaired) electrons. The van der Waals surface area contributed by atoms with E-state index in [1.807, 2.05) is 60.7 Å². The molecule has 6 nitrogen and oxygen atoms in total. The number of imide groups is 1. The van der Waals surface area contributed by atoms with Gasteiger partial charge in [0.25, 0.3) is 5.91 Å². The molecule has 1 heterocycles. The van der Waals surface area contributed by atoms with Crippen molar-refractivity contribution in [2.45, 2.75) is 24.9 Å². The predicted octanol–water partition coefficient (Wildman–Crippen LogP) is 2.66. The summed E-state index contributed by atoms with van der Waals surface area (Å²) in [5.41, 5.74) is 1.95. The third kappa shape index (κ3) is 3.50. The van der Waals surface area contributed by atoms with Crippen LogP contribution in [0.25, 0.3) is 0 Å². The summed E-state index contributed by atoms with van der Waals surface area (Å²) >= 11 is 0. The zero-order valence-corrected chi connectivity index (χ0v) is 15.8. The molecule has 1 aliphatic heterocycles. The minimum absolute atomic E-state index is 0.0846. The number of hydrogen-bond donors (Lipinski definition) is 0. The maximum atomic E-state index is 13.0. The molecule has 0 aromatic heterocycles. The second-order valence-corrected chi connectivity index (χ2v) is 7.35. The summed E-state index contributed by atoms with van der Waals surface area (Å²) in [6.07, 6.45) is 1.87. The van der Waals surface area contributed by atoms with E-state index in [-0.39, 0.29) is 43.0 Å². The highest BCUT2D eigenvalue weighted by atomic mass is 16.2. The number of benzene rings is 2. The predicted molar refractivity (Wildman–Crippen MR) is 104 cm³/mol. The van der Waals surface area contributed by atoms with Gasteiger partial charge in [-0.25, -0.2) is 4.79 Å². The van der Waals surface area contributed by atoms with Crippen molar-refractivity contribution >= 4 is 17.8 Å². The smallest absolute Gasteiger partial charge is 0.327 e. The summed E-state index contributed by atoms with van der Waals surface area (Å²) in [5, 5.41) is 0.